The lowest BCUT2D eigenvalue weighted by Gasteiger charge is -2.07. The number of carbonyl (C=O) groups excluding carboxylic acids is 1. The summed E-state index contributed by atoms with van der Waals surface area (Å²) >= 11 is 0. The summed E-state index contributed by atoms with van der Waals surface area (Å²) in [6.07, 6.45) is 0. The van der Waals surface area contributed by atoms with E-state index < -0.39 is 5.91 Å². The molecule has 0 saturated heterocycles. The molecule has 2 heterocycles. The van der Waals surface area contributed by atoms with Gasteiger partial charge >= 0.3 is 0 Å². The van der Waals surface area contributed by atoms with Crippen LogP contribution >= 0.6 is 0 Å². The quantitative estimate of drug-likeness (QED) is 0.555. The second-order valence-electron chi connectivity index (χ2n) is 6.17. The van der Waals surface area contributed by atoms with Crippen LogP contribution in [0.25, 0.3) is 22.3 Å². The van der Waals surface area contributed by atoms with E-state index in [4.69, 9.17) is 9.15 Å². The van der Waals surface area contributed by atoms with E-state index in [1.807, 2.05) is 0 Å². The minimum Gasteiger partial charge on any atom is -0.497 e. The van der Waals surface area contributed by atoms with Gasteiger partial charge in [0.05, 0.1) is 12.5 Å². The SMILES string of the molecule is COc1ccc2oc(-c3ccc(NC(=O)c4ccc(=O)[nH]n4)cc3)cc(=O)c2c1. The summed E-state index contributed by atoms with van der Waals surface area (Å²) in [5.74, 6) is 0.530. The minimum atomic E-state index is -0.458. The van der Waals surface area contributed by atoms with Crippen LogP contribution in [0.1, 0.15) is 10.5 Å². The number of nitrogens with zero attached hydrogens (tertiary/aromatic N) is 1. The Labute approximate surface area is 163 Å². The van der Waals surface area contributed by atoms with E-state index in [2.05, 4.69) is 15.5 Å². The van der Waals surface area contributed by atoms with E-state index >= 15 is 0 Å². The van der Waals surface area contributed by atoms with Crippen molar-refractivity contribution in [3.05, 3.63) is 86.9 Å². The number of H-pyrrole nitrogens is 1. The van der Waals surface area contributed by atoms with Gasteiger partial charge in [-0.2, -0.15) is 5.10 Å². The van der Waals surface area contributed by atoms with Crippen LogP contribution in [0, 0.1) is 0 Å². The Bertz CT molecular complexity index is 1300. The number of aromatic amines is 1. The van der Waals surface area contributed by atoms with E-state index in [9.17, 15) is 14.4 Å². The van der Waals surface area contributed by atoms with Crippen molar-refractivity contribution in [2.45, 2.75) is 0 Å². The monoisotopic (exact) mass is 389 g/mol. The average molecular weight is 389 g/mol. The van der Waals surface area contributed by atoms with Crippen LogP contribution in [-0.2, 0) is 0 Å². The Morgan fingerprint density at radius 1 is 1.03 bits per heavy atom. The van der Waals surface area contributed by atoms with E-state index in [1.54, 1.807) is 42.5 Å². The third-order valence-electron chi connectivity index (χ3n) is 4.27. The van der Waals surface area contributed by atoms with Crippen molar-refractivity contribution in [2.24, 2.45) is 0 Å². The summed E-state index contributed by atoms with van der Waals surface area (Å²) in [5, 5.41) is 9.01. The maximum Gasteiger partial charge on any atom is 0.276 e. The number of ether oxygens (including phenoxy) is 1. The summed E-state index contributed by atoms with van der Waals surface area (Å²) in [7, 11) is 1.53. The Hall–Kier alpha value is -4.20. The molecule has 29 heavy (non-hydrogen) atoms. The van der Waals surface area contributed by atoms with Gasteiger partial charge in [0.2, 0.25) is 0 Å². The van der Waals surface area contributed by atoms with Crippen LogP contribution in [0.15, 0.2) is 74.7 Å². The standard InChI is InChI=1S/C21H15N3O5/c1-28-14-6-8-18-15(10-14)17(25)11-19(29-18)12-2-4-13(5-3-12)22-21(27)16-7-9-20(26)24-23-16/h2-11H,1H3,(H,22,27)(H,24,26). The van der Waals surface area contributed by atoms with Crippen LogP contribution in [0.3, 0.4) is 0 Å². The smallest absolute Gasteiger partial charge is 0.276 e. The molecule has 0 atom stereocenters. The molecule has 8 nitrogen and oxygen atoms in total. The molecule has 4 rings (SSSR count). The van der Waals surface area contributed by atoms with E-state index in [1.165, 1.54) is 25.3 Å². The highest BCUT2D eigenvalue weighted by atomic mass is 16.5. The summed E-state index contributed by atoms with van der Waals surface area (Å²) in [6.45, 7) is 0. The first-order valence-corrected chi connectivity index (χ1v) is 8.63. The third-order valence-corrected chi connectivity index (χ3v) is 4.27. The minimum absolute atomic E-state index is 0.0876. The number of methoxy groups -OCH3 is 1. The first kappa shape index (κ1) is 18.2. The molecule has 0 unspecified atom stereocenters. The fourth-order valence-corrected chi connectivity index (χ4v) is 2.79. The largest absolute Gasteiger partial charge is 0.497 e. The van der Waals surface area contributed by atoms with Crippen molar-refractivity contribution in [2.75, 3.05) is 12.4 Å². The Kier molecular flexibility index (Phi) is 4.66. The van der Waals surface area contributed by atoms with Gasteiger partial charge < -0.3 is 14.5 Å². The molecule has 8 heteroatoms. The van der Waals surface area contributed by atoms with E-state index in [-0.39, 0.29) is 16.7 Å². The molecule has 0 saturated carbocycles. The third kappa shape index (κ3) is 3.77. The van der Waals surface area contributed by atoms with Gasteiger partial charge in [-0.25, -0.2) is 5.10 Å². The molecule has 1 amide bonds. The van der Waals surface area contributed by atoms with Gasteiger partial charge in [-0.3, -0.25) is 14.4 Å². The topological polar surface area (TPSA) is 114 Å². The van der Waals surface area contributed by atoms with Crippen LogP contribution in [0.2, 0.25) is 0 Å². The van der Waals surface area contributed by atoms with Crippen molar-refractivity contribution in [3.8, 4) is 17.1 Å². The molecule has 2 aromatic heterocycles. The number of rotatable bonds is 4. The molecule has 0 aliphatic heterocycles. The fraction of sp³-hybridized carbons (Fsp3) is 0.0476. The summed E-state index contributed by atoms with van der Waals surface area (Å²) < 4.78 is 11.0. The number of hydrogen-bond acceptors (Lipinski definition) is 6. The van der Waals surface area contributed by atoms with Gasteiger partial charge in [-0.15, -0.1) is 0 Å². The van der Waals surface area contributed by atoms with Gasteiger partial charge in [0.1, 0.15) is 22.8 Å². The first-order valence-electron chi connectivity index (χ1n) is 8.63. The van der Waals surface area contributed by atoms with Gasteiger partial charge in [-0.05, 0) is 48.5 Å². The molecule has 0 aliphatic rings. The van der Waals surface area contributed by atoms with Crippen LogP contribution < -0.4 is 21.0 Å². The molecule has 0 bridgehead atoms. The van der Waals surface area contributed by atoms with Crippen LogP contribution in [-0.4, -0.2) is 23.2 Å². The number of hydrogen-bond donors (Lipinski definition) is 2. The van der Waals surface area contributed by atoms with Crippen molar-refractivity contribution in [3.63, 3.8) is 0 Å². The number of benzene rings is 2. The number of fused-ring (bicyclic) bond motifs is 1. The molecule has 0 fully saturated rings. The highest BCUT2D eigenvalue weighted by molar-refractivity contribution is 6.02. The van der Waals surface area contributed by atoms with E-state index in [0.717, 1.165) is 0 Å². The lowest BCUT2D eigenvalue weighted by molar-refractivity contribution is 0.102. The maximum atomic E-state index is 12.4. The Balaban J connectivity index is 1.59. The van der Waals surface area contributed by atoms with E-state index in [0.29, 0.717) is 33.7 Å². The molecule has 0 aliphatic carbocycles. The lowest BCUT2D eigenvalue weighted by atomic mass is 10.1. The molecule has 0 spiro atoms. The normalized spacial score (nSPS) is 10.7. The van der Waals surface area contributed by atoms with Crippen molar-refractivity contribution >= 4 is 22.6 Å². The molecule has 144 valence electrons. The predicted molar refractivity (Wildman–Crippen MR) is 107 cm³/mol. The van der Waals surface area contributed by atoms with Crippen molar-refractivity contribution in [1.82, 2.24) is 10.2 Å². The molecule has 0 radical (unpaired) electrons. The molecular formula is C21H15N3O5. The van der Waals surface area contributed by atoms with Gasteiger partial charge in [0, 0.05) is 23.4 Å². The summed E-state index contributed by atoms with van der Waals surface area (Å²) in [6, 6.07) is 15.8. The zero-order valence-corrected chi connectivity index (χ0v) is 15.3. The first-order chi connectivity index (χ1) is 14.0. The zero-order chi connectivity index (χ0) is 20.4. The van der Waals surface area contributed by atoms with Crippen molar-refractivity contribution in [1.29, 1.82) is 0 Å². The van der Waals surface area contributed by atoms with Gasteiger partial charge in [-0.1, -0.05) is 0 Å². The Morgan fingerprint density at radius 3 is 2.52 bits per heavy atom. The van der Waals surface area contributed by atoms with Gasteiger partial charge in [0.25, 0.3) is 11.5 Å². The number of nitrogens with one attached hydrogen (secondary N) is 2. The fourth-order valence-electron chi connectivity index (χ4n) is 2.79. The second kappa shape index (κ2) is 7.43. The highest BCUT2D eigenvalue weighted by Gasteiger charge is 2.10. The number of aromatic nitrogens is 2. The summed E-state index contributed by atoms with van der Waals surface area (Å²) in [4.78, 5) is 35.6. The maximum absolute atomic E-state index is 12.4. The molecule has 2 N–H and O–H groups in total. The number of amides is 1. The average Bonchev–Trinajstić information content (AvgIpc) is 2.74. The second-order valence-corrected chi connectivity index (χ2v) is 6.17. The van der Waals surface area contributed by atoms with Gasteiger partial charge in [0.15, 0.2) is 5.43 Å². The van der Waals surface area contributed by atoms with Crippen LogP contribution in [0.4, 0.5) is 5.69 Å². The summed E-state index contributed by atoms with van der Waals surface area (Å²) in [5.41, 5.74) is 1.18. The predicted octanol–water partition coefficient (Wildman–Crippen LogP) is 2.80. The van der Waals surface area contributed by atoms with Crippen LogP contribution in [0.5, 0.6) is 5.75 Å². The number of carbonyl (C=O) groups is 1. The van der Waals surface area contributed by atoms with Crippen molar-refractivity contribution < 1.29 is 13.9 Å². The zero-order valence-electron chi connectivity index (χ0n) is 15.3. The molecule has 2 aromatic carbocycles. The Morgan fingerprint density at radius 2 is 1.83 bits per heavy atom. The number of anilines is 1. The highest BCUT2D eigenvalue weighted by Crippen LogP contribution is 2.25. The molecule has 4 aromatic rings. The lowest BCUT2D eigenvalue weighted by Crippen LogP contribution is -2.17. The molecular weight excluding hydrogens is 374 g/mol.